The topological polar surface area (TPSA) is 61.1 Å². The van der Waals surface area contributed by atoms with Gasteiger partial charge in [-0.15, -0.1) is 0 Å². The second kappa shape index (κ2) is 4.00. The largest absolute Gasteiger partial charge is 0.478 e. The van der Waals surface area contributed by atoms with E-state index in [-0.39, 0.29) is 0 Å². The van der Waals surface area contributed by atoms with E-state index >= 15 is 0 Å². The van der Waals surface area contributed by atoms with Gasteiger partial charge in [0, 0.05) is 5.56 Å². The molecule has 0 unspecified atom stereocenters. The summed E-state index contributed by atoms with van der Waals surface area (Å²) in [5.74, 6) is -2.87. The molecular formula is C9H4F3NO2. The molecule has 78 valence electrons. The van der Waals surface area contributed by atoms with Crippen LogP contribution >= 0.6 is 0 Å². The van der Waals surface area contributed by atoms with Crippen molar-refractivity contribution in [2.24, 2.45) is 0 Å². The summed E-state index contributed by atoms with van der Waals surface area (Å²) in [6.45, 7) is 0. The summed E-state index contributed by atoms with van der Waals surface area (Å²) in [6, 6.07) is 2.36. The molecule has 0 saturated heterocycles. The Morgan fingerprint density at radius 2 is 2.07 bits per heavy atom. The smallest absolute Gasteiger partial charge is 0.337 e. The van der Waals surface area contributed by atoms with Crippen molar-refractivity contribution in [2.75, 3.05) is 0 Å². The van der Waals surface area contributed by atoms with Gasteiger partial charge in [0.05, 0.1) is 5.56 Å². The molecule has 0 aromatic heterocycles. The molecular weight excluding hydrogens is 211 g/mol. The molecule has 1 aromatic rings. The van der Waals surface area contributed by atoms with Gasteiger partial charge in [0.2, 0.25) is 0 Å². The van der Waals surface area contributed by atoms with Crippen LogP contribution in [0.4, 0.5) is 13.2 Å². The lowest BCUT2D eigenvalue weighted by molar-refractivity contribution is 0.0695. The second-order valence-electron chi connectivity index (χ2n) is 2.64. The van der Waals surface area contributed by atoms with Gasteiger partial charge in [-0.2, -0.15) is 5.26 Å². The maximum atomic E-state index is 13.0. The summed E-state index contributed by atoms with van der Waals surface area (Å²) in [7, 11) is 0. The number of hydrogen-bond donors (Lipinski definition) is 1. The number of carboxylic acids is 1. The molecule has 0 heterocycles. The lowest BCUT2D eigenvalue weighted by Crippen LogP contribution is -2.04. The number of rotatable bonds is 2. The zero-order valence-electron chi connectivity index (χ0n) is 7.17. The molecule has 0 aliphatic heterocycles. The van der Waals surface area contributed by atoms with Crippen LogP contribution in [0.5, 0.6) is 0 Å². The number of halogens is 3. The highest BCUT2D eigenvalue weighted by molar-refractivity contribution is 5.90. The summed E-state index contributed by atoms with van der Waals surface area (Å²) >= 11 is 0. The first-order valence-electron chi connectivity index (χ1n) is 3.72. The van der Waals surface area contributed by atoms with E-state index in [9.17, 15) is 18.0 Å². The maximum absolute atomic E-state index is 13.0. The van der Waals surface area contributed by atoms with E-state index in [0.29, 0.717) is 12.1 Å². The van der Waals surface area contributed by atoms with Gasteiger partial charge in [-0.25, -0.2) is 18.0 Å². The summed E-state index contributed by atoms with van der Waals surface area (Å²) in [6.07, 6.45) is -2.98. The van der Waals surface area contributed by atoms with Crippen LogP contribution in [0.3, 0.4) is 0 Å². The Hall–Kier alpha value is -2.03. The van der Waals surface area contributed by atoms with E-state index in [1.807, 2.05) is 0 Å². The summed E-state index contributed by atoms with van der Waals surface area (Å²) in [5.41, 5.74) is -2.26. The number of nitriles is 1. The number of carboxylic acid groups (broad SMARTS) is 1. The van der Waals surface area contributed by atoms with Crippen molar-refractivity contribution in [2.45, 2.75) is 6.43 Å². The van der Waals surface area contributed by atoms with Crippen molar-refractivity contribution < 1.29 is 23.1 Å². The minimum absolute atomic E-state index is 0.454. The fourth-order valence-corrected chi connectivity index (χ4v) is 1.04. The average molecular weight is 215 g/mol. The monoisotopic (exact) mass is 215 g/mol. The van der Waals surface area contributed by atoms with E-state index in [2.05, 4.69) is 0 Å². The quantitative estimate of drug-likeness (QED) is 0.823. The van der Waals surface area contributed by atoms with Gasteiger partial charge in [0.15, 0.2) is 0 Å². The normalized spacial score (nSPS) is 10.1. The Kier molecular flexibility index (Phi) is 2.95. The highest BCUT2D eigenvalue weighted by Gasteiger charge is 2.19. The van der Waals surface area contributed by atoms with Crippen molar-refractivity contribution in [3.63, 3.8) is 0 Å². The van der Waals surface area contributed by atoms with Gasteiger partial charge in [-0.05, 0) is 12.1 Å². The zero-order valence-corrected chi connectivity index (χ0v) is 7.17. The van der Waals surface area contributed by atoms with Crippen LogP contribution in [0.15, 0.2) is 12.1 Å². The van der Waals surface area contributed by atoms with Crippen molar-refractivity contribution in [1.82, 2.24) is 0 Å². The average Bonchev–Trinajstić information content (AvgIpc) is 2.16. The summed E-state index contributed by atoms with van der Waals surface area (Å²) < 4.78 is 37.4. The molecule has 6 heteroatoms. The van der Waals surface area contributed by atoms with Gasteiger partial charge in [-0.3, -0.25) is 0 Å². The minimum Gasteiger partial charge on any atom is -0.478 e. The van der Waals surface area contributed by atoms with Gasteiger partial charge in [0.1, 0.15) is 17.4 Å². The van der Waals surface area contributed by atoms with E-state index in [0.717, 1.165) is 0 Å². The van der Waals surface area contributed by atoms with Gasteiger partial charge in [-0.1, -0.05) is 0 Å². The molecule has 1 aromatic carbocycles. The highest BCUT2D eigenvalue weighted by atomic mass is 19.3. The Balaban J connectivity index is 3.47. The number of nitrogens with zero attached hydrogens (tertiary/aromatic N) is 1. The van der Waals surface area contributed by atoms with Gasteiger partial charge >= 0.3 is 5.97 Å². The van der Waals surface area contributed by atoms with Crippen molar-refractivity contribution >= 4 is 5.97 Å². The highest BCUT2D eigenvalue weighted by Crippen LogP contribution is 2.24. The molecule has 15 heavy (non-hydrogen) atoms. The van der Waals surface area contributed by atoms with Crippen LogP contribution in [0.1, 0.15) is 27.9 Å². The number of benzene rings is 1. The second-order valence-corrected chi connectivity index (χ2v) is 2.64. The Morgan fingerprint density at radius 3 is 2.47 bits per heavy atom. The molecule has 0 aliphatic carbocycles. The van der Waals surface area contributed by atoms with E-state index < -0.39 is 34.9 Å². The maximum Gasteiger partial charge on any atom is 0.337 e. The fraction of sp³-hybridized carbons (Fsp3) is 0.111. The number of hydrogen-bond acceptors (Lipinski definition) is 2. The third kappa shape index (κ3) is 2.07. The first-order chi connectivity index (χ1) is 6.97. The van der Waals surface area contributed by atoms with Crippen LogP contribution in [-0.2, 0) is 0 Å². The molecule has 0 atom stereocenters. The minimum atomic E-state index is -2.98. The zero-order chi connectivity index (χ0) is 11.6. The molecule has 1 rings (SSSR count). The number of aromatic carboxylic acids is 1. The summed E-state index contributed by atoms with van der Waals surface area (Å²) in [5, 5.41) is 17.0. The Labute approximate surface area is 82.4 Å². The molecule has 1 N–H and O–H groups in total. The summed E-state index contributed by atoms with van der Waals surface area (Å²) in [4.78, 5) is 10.5. The lowest BCUT2D eigenvalue weighted by Gasteiger charge is -2.04. The molecule has 3 nitrogen and oxygen atoms in total. The van der Waals surface area contributed by atoms with E-state index in [4.69, 9.17) is 10.4 Å². The first-order valence-corrected chi connectivity index (χ1v) is 3.72. The number of carbonyl (C=O) groups is 1. The van der Waals surface area contributed by atoms with Gasteiger partial charge in [0.25, 0.3) is 6.43 Å². The fourth-order valence-electron chi connectivity index (χ4n) is 1.04. The van der Waals surface area contributed by atoms with Crippen LogP contribution in [0.2, 0.25) is 0 Å². The predicted molar refractivity (Wildman–Crippen MR) is 43.0 cm³/mol. The standard InChI is InChI=1S/C9H4F3NO2/c10-7-2-4(8(11)12)1-5(9(14)15)6(7)3-13/h1-2,8H,(H,14,15). The third-order valence-electron chi connectivity index (χ3n) is 1.71. The van der Waals surface area contributed by atoms with E-state index in [1.165, 1.54) is 6.07 Å². The predicted octanol–water partition coefficient (Wildman–Crippen LogP) is 2.33. The Morgan fingerprint density at radius 1 is 1.47 bits per heavy atom. The molecule has 0 amide bonds. The van der Waals surface area contributed by atoms with E-state index in [1.54, 1.807) is 0 Å². The van der Waals surface area contributed by atoms with Crippen LogP contribution in [0.25, 0.3) is 0 Å². The van der Waals surface area contributed by atoms with Crippen LogP contribution in [-0.4, -0.2) is 11.1 Å². The molecule has 0 fully saturated rings. The van der Waals surface area contributed by atoms with Crippen molar-refractivity contribution in [3.8, 4) is 6.07 Å². The molecule has 0 bridgehead atoms. The van der Waals surface area contributed by atoms with Crippen LogP contribution < -0.4 is 0 Å². The van der Waals surface area contributed by atoms with Gasteiger partial charge < -0.3 is 5.11 Å². The Bertz CT molecular complexity index is 451. The third-order valence-corrected chi connectivity index (χ3v) is 1.71. The molecule has 0 aliphatic rings. The number of alkyl halides is 2. The van der Waals surface area contributed by atoms with Crippen LogP contribution in [0, 0.1) is 17.1 Å². The molecule has 0 radical (unpaired) electrons. The molecule has 0 saturated carbocycles. The molecule has 0 spiro atoms. The van der Waals surface area contributed by atoms with Crippen molar-refractivity contribution in [3.05, 3.63) is 34.6 Å². The lowest BCUT2D eigenvalue weighted by atomic mass is 10.0. The van der Waals surface area contributed by atoms with Crippen molar-refractivity contribution in [1.29, 1.82) is 5.26 Å². The SMILES string of the molecule is N#Cc1c(F)cc(C(F)F)cc1C(=O)O. The first kappa shape index (κ1) is 11.0.